The minimum atomic E-state index is -0.367. The first-order valence-electron chi connectivity index (χ1n) is 6.80. The number of hydrogen-bond donors (Lipinski definition) is 2. The monoisotopic (exact) mass is 331 g/mol. The van der Waals surface area contributed by atoms with Crippen LogP contribution in [0.5, 0.6) is 11.5 Å². The first-order valence-corrected chi connectivity index (χ1v) is 7.21. The Kier molecular flexibility index (Phi) is 5.48. The maximum atomic E-state index is 12.3. The molecule has 0 spiro atoms. The fraction of sp³-hybridized carbons (Fsp3) is 0.188. The van der Waals surface area contributed by atoms with Gasteiger partial charge in [-0.2, -0.15) is 0 Å². The normalized spacial score (nSPS) is 9.87. The molecule has 2 N–H and O–H groups in total. The number of benzene rings is 1. The maximum absolute atomic E-state index is 12.3. The standard InChI is InChI=1S/C16H17N3O3S/c1-10-5-4-6-17-14(10)18-16(23)19-15(20)11-7-12(21-2)9-13(8-11)22-3/h4-9H,1-3H3,(H2,17,18,19,20,23). The highest BCUT2D eigenvalue weighted by atomic mass is 32.1. The average molecular weight is 331 g/mol. The number of ether oxygens (including phenoxy) is 2. The molecule has 2 rings (SSSR count). The van der Waals surface area contributed by atoms with E-state index in [4.69, 9.17) is 21.7 Å². The zero-order valence-electron chi connectivity index (χ0n) is 13.0. The summed E-state index contributed by atoms with van der Waals surface area (Å²) in [5, 5.41) is 5.66. The topological polar surface area (TPSA) is 72.5 Å². The van der Waals surface area contributed by atoms with Crippen molar-refractivity contribution in [3.05, 3.63) is 47.7 Å². The van der Waals surface area contributed by atoms with Crippen LogP contribution in [0.15, 0.2) is 36.5 Å². The van der Waals surface area contributed by atoms with Gasteiger partial charge in [-0.05, 0) is 42.9 Å². The number of aromatic nitrogens is 1. The minimum absolute atomic E-state index is 0.165. The summed E-state index contributed by atoms with van der Waals surface area (Å²) in [6.07, 6.45) is 1.65. The van der Waals surface area contributed by atoms with Gasteiger partial charge < -0.3 is 14.8 Å². The average Bonchev–Trinajstić information content (AvgIpc) is 2.56. The Balaban J connectivity index is 2.09. The van der Waals surface area contributed by atoms with Gasteiger partial charge in [-0.15, -0.1) is 0 Å². The number of rotatable bonds is 4. The Hall–Kier alpha value is -2.67. The van der Waals surface area contributed by atoms with Gasteiger partial charge >= 0.3 is 0 Å². The highest BCUT2D eigenvalue weighted by molar-refractivity contribution is 7.80. The van der Waals surface area contributed by atoms with E-state index in [9.17, 15) is 4.79 Å². The quantitative estimate of drug-likeness (QED) is 0.839. The first-order chi connectivity index (χ1) is 11.0. The second-order valence-corrected chi connectivity index (χ2v) is 5.09. The minimum Gasteiger partial charge on any atom is -0.497 e. The molecule has 120 valence electrons. The molecule has 0 bridgehead atoms. The molecule has 6 nitrogen and oxygen atoms in total. The Morgan fingerprint density at radius 1 is 1.17 bits per heavy atom. The number of thiocarbonyl (C=S) groups is 1. The lowest BCUT2D eigenvalue weighted by molar-refractivity contribution is 0.0977. The molecule has 1 amide bonds. The van der Waals surface area contributed by atoms with Crippen molar-refractivity contribution < 1.29 is 14.3 Å². The molecule has 0 aliphatic rings. The van der Waals surface area contributed by atoms with Crippen LogP contribution in [0.2, 0.25) is 0 Å². The van der Waals surface area contributed by atoms with E-state index in [1.54, 1.807) is 24.4 Å². The predicted molar refractivity (Wildman–Crippen MR) is 92.2 cm³/mol. The van der Waals surface area contributed by atoms with Crippen molar-refractivity contribution in [2.24, 2.45) is 0 Å². The van der Waals surface area contributed by atoms with Gasteiger partial charge in [-0.25, -0.2) is 4.98 Å². The number of carbonyl (C=O) groups is 1. The SMILES string of the molecule is COc1cc(OC)cc(C(=O)NC(=S)Nc2ncccc2C)c1. The van der Waals surface area contributed by atoms with Crippen molar-refractivity contribution in [2.45, 2.75) is 6.92 Å². The van der Waals surface area contributed by atoms with Crippen LogP contribution >= 0.6 is 12.2 Å². The molecular weight excluding hydrogens is 314 g/mol. The second kappa shape index (κ2) is 7.55. The van der Waals surface area contributed by atoms with E-state index in [1.165, 1.54) is 14.2 Å². The van der Waals surface area contributed by atoms with Crippen LogP contribution in [0.1, 0.15) is 15.9 Å². The predicted octanol–water partition coefficient (Wildman–Crippen LogP) is 2.53. The van der Waals surface area contributed by atoms with E-state index in [0.717, 1.165) is 5.56 Å². The molecule has 7 heteroatoms. The van der Waals surface area contributed by atoms with Crippen molar-refractivity contribution >= 4 is 29.1 Å². The second-order valence-electron chi connectivity index (χ2n) is 4.68. The summed E-state index contributed by atoms with van der Waals surface area (Å²) in [6.45, 7) is 1.90. The van der Waals surface area contributed by atoms with Crippen LogP contribution in [0.25, 0.3) is 0 Å². The van der Waals surface area contributed by atoms with Crippen molar-refractivity contribution in [1.29, 1.82) is 0 Å². The lowest BCUT2D eigenvalue weighted by Crippen LogP contribution is -2.34. The first kappa shape index (κ1) is 16.7. The summed E-state index contributed by atoms with van der Waals surface area (Å²) in [6, 6.07) is 8.61. The summed E-state index contributed by atoms with van der Waals surface area (Å²) in [4.78, 5) is 16.5. The summed E-state index contributed by atoms with van der Waals surface area (Å²) in [7, 11) is 3.04. The number of anilines is 1. The molecule has 0 saturated carbocycles. The zero-order valence-corrected chi connectivity index (χ0v) is 13.9. The summed E-state index contributed by atoms with van der Waals surface area (Å²) in [5.74, 6) is 1.28. The van der Waals surface area contributed by atoms with E-state index in [1.807, 2.05) is 19.1 Å². The third-order valence-corrected chi connectivity index (χ3v) is 3.29. The lowest BCUT2D eigenvalue weighted by atomic mass is 10.2. The zero-order chi connectivity index (χ0) is 16.8. The third kappa shape index (κ3) is 4.40. The highest BCUT2D eigenvalue weighted by Gasteiger charge is 2.12. The van der Waals surface area contributed by atoms with Crippen LogP contribution in [0.3, 0.4) is 0 Å². The number of aryl methyl sites for hydroxylation is 1. The molecule has 2 aromatic rings. The van der Waals surface area contributed by atoms with Gasteiger partial charge in [-0.3, -0.25) is 10.1 Å². The Morgan fingerprint density at radius 2 is 1.83 bits per heavy atom. The van der Waals surface area contributed by atoms with Gasteiger partial charge in [0.1, 0.15) is 17.3 Å². The molecule has 0 atom stereocenters. The number of amides is 1. The van der Waals surface area contributed by atoms with Crippen LogP contribution in [-0.2, 0) is 0 Å². The molecule has 0 unspecified atom stereocenters. The molecule has 0 radical (unpaired) electrons. The molecule has 0 aliphatic heterocycles. The molecule has 1 aromatic heterocycles. The van der Waals surface area contributed by atoms with Crippen LogP contribution in [0, 0.1) is 6.92 Å². The Morgan fingerprint density at radius 3 is 2.39 bits per heavy atom. The molecule has 0 aliphatic carbocycles. The smallest absolute Gasteiger partial charge is 0.257 e. The van der Waals surface area contributed by atoms with Crippen molar-refractivity contribution in [3.8, 4) is 11.5 Å². The van der Waals surface area contributed by atoms with Crippen LogP contribution < -0.4 is 20.1 Å². The number of methoxy groups -OCH3 is 2. The Labute approximate surface area is 139 Å². The highest BCUT2D eigenvalue weighted by Crippen LogP contribution is 2.22. The van der Waals surface area contributed by atoms with Crippen LogP contribution in [0.4, 0.5) is 5.82 Å². The van der Waals surface area contributed by atoms with Gasteiger partial charge in [0, 0.05) is 17.8 Å². The van der Waals surface area contributed by atoms with Crippen molar-refractivity contribution in [3.63, 3.8) is 0 Å². The number of pyridine rings is 1. The summed E-state index contributed by atoms with van der Waals surface area (Å²) < 4.78 is 10.3. The van der Waals surface area contributed by atoms with E-state index >= 15 is 0 Å². The lowest BCUT2D eigenvalue weighted by Gasteiger charge is -2.12. The van der Waals surface area contributed by atoms with Gasteiger partial charge in [0.05, 0.1) is 14.2 Å². The van der Waals surface area contributed by atoms with Crippen molar-refractivity contribution in [2.75, 3.05) is 19.5 Å². The molecule has 1 aromatic carbocycles. The van der Waals surface area contributed by atoms with Crippen LogP contribution in [-0.4, -0.2) is 30.2 Å². The van der Waals surface area contributed by atoms with Gasteiger partial charge in [-0.1, -0.05) is 6.07 Å². The summed E-state index contributed by atoms with van der Waals surface area (Å²) in [5.41, 5.74) is 1.30. The van der Waals surface area contributed by atoms with E-state index in [-0.39, 0.29) is 11.0 Å². The number of nitrogens with zero attached hydrogens (tertiary/aromatic N) is 1. The van der Waals surface area contributed by atoms with Gasteiger partial charge in [0.25, 0.3) is 5.91 Å². The van der Waals surface area contributed by atoms with E-state index in [2.05, 4.69) is 15.6 Å². The van der Waals surface area contributed by atoms with E-state index in [0.29, 0.717) is 22.9 Å². The number of nitrogens with one attached hydrogen (secondary N) is 2. The van der Waals surface area contributed by atoms with Gasteiger partial charge in [0.2, 0.25) is 0 Å². The third-order valence-electron chi connectivity index (χ3n) is 3.08. The molecule has 23 heavy (non-hydrogen) atoms. The number of hydrogen-bond acceptors (Lipinski definition) is 5. The summed E-state index contributed by atoms with van der Waals surface area (Å²) >= 11 is 5.15. The van der Waals surface area contributed by atoms with Gasteiger partial charge in [0.15, 0.2) is 5.11 Å². The fourth-order valence-electron chi connectivity index (χ4n) is 1.87. The fourth-order valence-corrected chi connectivity index (χ4v) is 2.06. The molecular formula is C16H17N3O3S. The van der Waals surface area contributed by atoms with Crippen molar-refractivity contribution in [1.82, 2.24) is 10.3 Å². The van der Waals surface area contributed by atoms with E-state index < -0.39 is 0 Å². The Bertz CT molecular complexity index is 712. The largest absolute Gasteiger partial charge is 0.497 e. The maximum Gasteiger partial charge on any atom is 0.257 e. The molecule has 1 heterocycles. The molecule has 0 fully saturated rings. The molecule has 0 saturated heterocycles. The number of carbonyl (C=O) groups excluding carboxylic acids is 1.